The van der Waals surface area contributed by atoms with Crippen molar-refractivity contribution in [3.05, 3.63) is 68.0 Å². The quantitative estimate of drug-likeness (QED) is 0.597. The van der Waals surface area contributed by atoms with Gasteiger partial charge in [0.05, 0.1) is 13.1 Å². The van der Waals surface area contributed by atoms with Gasteiger partial charge in [0.2, 0.25) is 0 Å². The Hall–Kier alpha value is -1.65. The average molecular weight is 518 g/mol. The maximum absolute atomic E-state index is 14.6. The zero-order valence-electron chi connectivity index (χ0n) is 16.1. The summed E-state index contributed by atoms with van der Waals surface area (Å²) in [6.07, 6.45) is -0.267. The molecule has 1 atom stereocenters. The second-order valence-electron chi connectivity index (χ2n) is 7.83. The molecule has 0 aliphatic carbocycles. The normalized spacial score (nSPS) is 16.7. The molecule has 1 saturated heterocycles. The average Bonchev–Trinajstić information content (AvgIpc) is 2.63. The molecule has 4 nitrogen and oxygen atoms in total. The van der Waals surface area contributed by atoms with E-state index in [9.17, 15) is 23.1 Å². The Morgan fingerprint density at radius 1 is 1.21 bits per heavy atom. The summed E-state index contributed by atoms with van der Waals surface area (Å²) in [7, 11) is 0. The highest BCUT2D eigenvalue weighted by atomic mass is 127. The molecule has 156 valence electrons. The molecule has 1 aliphatic rings. The van der Waals surface area contributed by atoms with Crippen LogP contribution in [0.15, 0.2) is 30.3 Å². The zero-order valence-corrected chi connectivity index (χ0v) is 18.2. The lowest BCUT2D eigenvalue weighted by Gasteiger charge is -2.50. The van der Waals surface area contributed by atoms with Gasteiger partial charge in [-0.2, -0.15) is 0 Å². The Morgan fingerprint density at radius 2 is 1.86 bits per heavy atom. The second kappa shape index (κ2) is 8.23. The zero-order chi connectivity index (χ0) is 21.5. The molecule has 3 rings (SSSR count). The van der Waals surface area contributed by atoms with Crippen LogP contribution >= 0.6 is 22.6 Å². The number of benzene rings is 2. The first-order valence-corrected chi connectivity index (χ1v) is 10.3. The number of rotatable bonds is 5. The molecular weight excluding hydrogens is 496 g/mol. The molecule has 0 spiro atoms. The molecule has 1 fully saturated rings. The van der Waals surface area contributed by atoms with Crippen molar-refractivity contribution in [3.8, 4) is 0 Å². The predicted octanol–water partition coefficient (Wildman–Crippen LogP) is 3.47. The summed E-state index contributed by atoms with van der Waals surface area (Å²) in [5.74, 6) is -3.38. The van der Waals surface area contributed by atoms with Crippen LogP contribution in [0.25, 0.3) is 0 Å². The summed E-state index contributed by atoms with van der Waals surface area (Å²) >= 11 is 1.95. The van der Waals surface area contributed by atoms with E-state index >= 15 is 0 Å². The molecule has 0 radical (unpaired) electrons. The molecule has 8 heteroatoms. The molecule has 3 N–H and O–H groups in total. The Bertz CT molecular complexity index is 946. The van der Waals surface area contributed by atoms with Gasteiger partial charge in [0.15, 0.2) is 11.6 Å². The van der Waals surface area contributed by atoms with Crippen molar-refractivity contribution in [1.29, 1.82) is 0 Å². The van der Waals surface area contributed by atoms with E-state index < -0.39 is 35.0 Å². The maximum Gasteiger partial charge on any atom is 0.254 e. The lowest BCUT2D eigenvalue weighted by Crippen LogP contribution is -2.71. The number of likely N-dealkylation sites (tertiary alicyclic amines) is 1. The summed E-state index contributed by atoms with van der Waals surface area (Å²) in [5.41, 5.74) is 4.70. The number of hydrogen-bond acceptors (Lipinski definition) is 3. The molecule has 0 aromatic heterocycles. The van der Waals surface area contributed by atoms with Gasteiger partial charge in [0, 0.05) is 27.2 Å². The Kier molecular flexibility index (Phi) is 6.26. The van der Waals surface area contributed by atoms with E-state index in [0.717, 1.165) is 6.07 Å². The van der Waals surface area contributed by atoms with Crippen LogP contribution in [0.4, 0.5) is 13.2 Å². The van der Waals surface area contributed by atoms with Crippen molar-refractivity contribution in [1.82, 2.24) is 4.90 Å². The van der Waals surface area contributed by atoms with Gasteiger partial charge in [-0.05, 0) is 58.3 Å². The lowest BCUT2D eigenvalue weighted by molar-refractivity contribution is -0.105. The highest BCUT2D eigenvalue weighted by Gasteiger charge is 2.49. The number of carbonyl (C=O) groups excluding carboxylic acids is 1. The first kappa shape index (κ1) is 22.0. The predicted molar refractivity (Wildman–Crippen MR) is 112 cm³/mol. The van der Waals surface area contributed by atoms with Gasteiger partial charge >= 0.3 is 0 Å². The van der Waals surface area contributed by atoms with Crippen LogP contribution in [0.2, 0.25) is 0 Å². The minimum absolute atomic E-state index is 0.00150. The number of nitrogens with two attached hydrogens (primary N) is 1. The largest absolute Gasteiger partial charge is 0.385 e. The Balaban J connectivity index is 1.89. The molecule has 1 heterocycles. The van der Waals surface area contributed by atoms with Crippen molar-refractivity contribution in [2.24, 2.45) is 11.7 Å². The first-order chi connectivity index (χ1) is 13.5. The number of amides is 1. The second-order valence-corrected chi connectivity index (χ2v) is 9.08. The van der Waals surface area contributed by atoms with Gasteiger partial charge in [-0.25, -0.2) is 13.2 Å². The van der Waals surface area contributed by atoms with Gasteiger partial charge in [0.25, 0.3) is 5.91 Å². The number of nitrogens with zero attached hydrogens (tertiary/aromatic N) is 1. The molecular formula is C21H22F3IN2O2. The van der Waals surface area contributed by atoms with Gasteiger partial charge < -0.3 is 15.7 Å². The van der Waals surface area contributed by atoms with Gasteiger partial charge in [-0.15, -0.1) is 0 Å². The van der Waals surface area contributed by atoms with Gasteiger partial charge in [0.1, 0.15) is 11.4 Å². The summed E-state index contributed by atoms with van der Waals surface area (Å²) in [6, 6.07) is 5.98. The van der Waals surface area contributed by atoms with Gasteiger partial charge in [-0.1, -0.05) is 19.9 Å². The smallest absolute Gasteiger partial charge is 0.254 e. The topological polar surface area (TPSA) is 66.6 Å². The third-order valence-electron chi connectivity index (χ3n) is 5.36. The monoisotopic (exact) mass is 518 g/mol. The minimum Gasteiger partial charge on any atom is -0.385 e. The summed E-state index contributed by atoms with van der Waals surface area (Å²) in [6.45, 7) is 3.75. The number of halogens is 4. The minimum atomic E-state index is -1.22. The standard InChI is InChI=1S/C21H22F3IN2O2/c1-11(2)19(26)21(29)9-27(10-21)20(28)14-5-6-16(22)18(24)15(14)7-12-3-4-13(25)8-17(12)23/h3-6,8,11,19,29H,7,9-10,26H2,1-2H3. The van der Waals surface area contributed by atoms with Crippen molar-refractivity contribution >= 4 is 28.5 Å². The van der Waals surface area contributed by atoms with E-state index in [-0.39, 0.29) is 42.1 Å². The lowest BCUT2D eigenvalue weighted by atomic mass is 9.80. The summed E-state index contributed by atoms with van der Waals surface area (Å²) in [5, 5.41) is 10.6. The highest BCUT2D eigenvalue weighted by Crippen LogP contribution is 2.31. The van der Waals surface area contributed by atoms with Crippen LogP contribution in [-0.4, -0.2) is 40.6 Å². The van der Waals surface area contributed by atoms with E-state index in [4.69, 9.17) is 5.73 Å². The SMILES string of the molecule is CC(C)C(N)C1(O)CN(C(=O)c2ccc(F)c(F)c2Cc2ccc(I)cc2F)C1. The molecule has 29 heavy (non-hydrogen) atoms. The molecule has 1 aliphatic heterocycles. The van der Waals surface area contributed by atoms with E-state index in [1.165, 1.54) is 23.1 Å². The van der Waals surface area contributed by atoms with Crippen LogP contribution in [0, 0.1) is 26.9 Å². The summed E-state index contributed by atoms with van der Waals surface area (Å²) < 4.78 is 43.3. The van der Waals surface area contributed by atoms with Crippen molar-refractivity contribution in [2.75, 3.05) is 13.1 Å². The molecule has 1 unspecified atom stereocenters. The van der Waals surface area contributed by atoms with Crippen molar-refractivity contribution < 1.29 is 23.1 Å². The number of aliphatic hydroxyl groups is 1. The fourth-order valence-corrected chi connectivity index (χ4v) is 4.03. The number of carbonyl (C=O) groups is 1. The third kappa shape index (κ3) is 4.29. The fraction of sp³-hybridized carbons (Fsp3) is 0.381. The van der Waals surface area contributed by atoms with Crippen molar-refractivity contribution in [3.63, 3.8) is 0 Å². The molecule has 1 amide bonds. The van der Waals surface area contributed by atoms with E-state index in [2.05, 4.69) is 0 Å². The highest BCUT2D eigenvalue weighted by molar-refractivity contribution is 14.1. The Morgan fingerprint density at radius 3 is 2.45 bits per heavy atom. The third-order valence-corrected chi connectivity index (χ3v) is 6.04. The maximum atomic E-state index is 14.6. The summed E-state index contributed by atoms with van der Waals surface area (Å²) in [4.78, 5) is 14.2. The van der Waals surface area contributed by atoms with E-state index in [1.54, 1.807) is 6.07 Å². The van der Waals surface area contributed by atoms with Crippen LogP contribution in [0.5, 0.6) is 0 Å². The van der Waals surface area contributed by atoms with Crippen LogP contribution in [-0.2, 0) is 6.42 Å². The Labute approximate surface area is 181 Å². The molecule has 2 aromatic rings. The molecule has 0 bridgehead atoms. The van der Waals surface area contributed by atoms with Crippen LogP contribution < -0.4 is 5.73 Å². The van der Waals surface area contributed by atoms with Gasteiger partial charge in [-0.3, -0.25) is 4.79 Å². The van der Waals surface area contributed by atoms with E-state index in [0.29, 0.717) is 3.57 Å². The van der Waals surface area contributed by atoms with Crippen LogP contribution in [0.3, 0.4) is 0 Å². The fourth-order valence-electron chi connectivity index (χ4n) is 3.58. The molecule has 2 aromatic carbocycles. The van der Waals surface area contributed by atoms with E-state index in [1.807, 2.05) is 36.4 Å². The first-order valence-electron chi connectivity index (χ1n) is 9.21. The van der Waals surface area contributed by atoms with Crippen LogP contribution in [0.1, 0.15) is 35.3 Å². The molecule has 0 saturated carbocycles. The van der Waals surface area contributed by atoms with Crippen molar-refractivity contribution in [2.45, 2.75) is 31.9 Å². The number of β-amino-alcohol motifs (C(OH)–C–C–N with tert-alkyl or cyclic N) is 1. The number of hydrogen-bond donors (Lipinski definition) is 2.